The number of nitrogens with zero attached hydrogens (tertiary/aromatic N) is 1. The summed E-state index contributed by atoms with van der Waals surface area (Å²) < 4.78 is 0.752. The highest BCUT2D eigenvalue weighted by Gasteiger charge is 2.14. The van der Waals surface area contributed by atoms with Gasteiger partial charge in [0, 0.05) is 28.8 Å². The average molecular weight is 331 g/mol. The van der Waals surface area contributed by atoms with Crippen LogP contribution in [0, 0.1) is 16.0 Å². The Kier molecular flexibility index (Phi) is 4.88. The van der Waals surface area contributed by atoms with E-state index in [0.29, 0.717) is 5.92 Å². The summed E-state index contributed by atoms with van der Waals surface area (Å²) in [5.74, 6) is 3.20. The lowest BCUT2D eigenvalue weighted by Crippen LogP contribution is -2.19. The van der Waals surface area contributed by atoms with Crippen molar-refractivity contribution in [2.45, 2.75) is 12.8 Å². The maximum Gasteiger partial charge on any atom is 0.270 e. The predicted molar refractivity (Wildman–Crippen MR) is 79.3 cm³/mol. The third kappa shape index (κ3) is 3.62. The molecule has 6 heteroatoms. The van der Waals surface area contributed by atoms with Crippen LogP contribution in [0.5, 0.6) is 0 Å². The first-order valence-corrected chi connectivity index (χ1v) is 7.87. The molecule has 1 aromatic carbocycles. The molecule has 1 aromatic rings. The van der Waals surface area contributed by atoms with Gasteiger partial charge in [-0.1, -0.05) is 0 Å². The van der Waals surface area contributed by atoms with Crippen LogP contribution < -0.4 is 5.32 Å². The smallest absolute Gasteiger partial charge is 0.270 e. The zero-order valence-corrected chi connectivity index (χ0v) is 12.3. The Hall–Kier alpha value is -0.750. The topological polar surface area (TPSA) is 55.2 Å². The number of non-ortho nitro benzene ring substituents is 1. The second-order valence-corrected chi connectivity index (χ2v) is 6.44. The van der Waals surface area contributed by atoms with Gasteiger partial charge in [0.15, 0.2) is 0 Å². The number of hydrogen-bond acceptors (Lipinski definition) is 4. The fourth-order valence-corrected chi connectivity index (χ4v) is 3.68. The van der Waals surface area contributed by atoms with E-state index in [1.54, 1.807) is 12.1 Å². The van der Waals surface area contributed by atoms with E-state index in [1.165, 1.54) is 30.4 Å². The summed E-state index contributed by atoms with van der Waals surface area (Å²) >= 11 is 5.39. The molecular weight excluding hydrogens is 316 g/mol. The molecule has 98 valence electrons. The largest absolute Gasteiger partial charge is 0.384 e. The van der Waals surface area contributed by atoms with Gasteiger partial charge in [-0.2, -0.15) is 11.8 Å². The van der Waals surface area contributed by atoms with Crippen LogP contribution in [-0.2, 0) is 0 Å². The Morgan fingerprint density at radius 2 is 2.17 bits per heavy atom. The maximum atomic E-state index is 10.6. The molecule has 1 aliphatic heterocycles. The molecule has 4 nitrogen and oxygen atoms in total. The lowest BCUT2D eigenvalue weighted by Gasteiger charge is -2.22. The lowest BCUT2D eigenvalue weighted by atomic mass is 10.0. The molecule has 2 rings (SSSR count). The Labute approximate surface area is 119 Å². The van der Waals surface area contributed by atoms with Crippen LogP contribution in [-0.4, -0.2) is 23.0 Å². The number of rotatable bonds is 4. The van der Waals surface area contributed by atoms with Crippen LogP contribution in [0.3, 0.4) is 0 Å². The second-order valence-electron chi connectivity index (χ2n) is 4.36. The minimum absolute atomic E-state index is 0.112. The molecule has 0 radical (unpaired) electrons. The zero-order valence-electron chi connectivity index (χ0n) is 9.89. The summed E-state index contributed by atoms with van der Waals surface area (Å²) in [7, 11) is 0. The Bertz CT molecular complexity index is 436. The summed E-state index contributed by atoms with van der Waals surface area (Å²) in [5.41, 5.74) is 1.04. The summed E-state index contributed by atoms with van der Waals surface area (Å²) in [6.07, 6.45) is 2.50. The van der Waals surface area contributed by atoms with Gasteiger partial charge in [0.05, 0.1) is 4.92 Å². The van der Waals surface area contributed by atoms with Gasteiger partial charge in [-0.05, 0) is 52.3 Å². The molecule has 0 aliphatic carbocycles. The molecule has 0 atom stereocenters. The number of nitro groups is 1. The Morgan fingerprint density at radius 1 is 1.44 bits per heavy atom. The van der Waals surface area contributed by atoms with Gasteiger partial charge in [-0.25, -0.2) is 0 Å². The number of halogens is 1. The molecule has 0 aromatic heterocycles. The number of anilines is 1. The molecule has 1 fully saturated rings. The first-order chi connectivity index (χ1) is 8.66. The minimum atomic E-state index is -0.382. The molecule has 1 saturated heterocycles. The van der Waals surface area contributed by atoms with Gasteiger partial charge in [-0.3, -0.25) is 10.1 Å². The Balaban J connectivity index is 1.94. The van der Waals surface area contributed by atoms with Crippen LogP contribution in [0.1, 0.15) is 12.8 Å². The lowest BCUT2D eigenvalue weighted by molar-refractivity contribution is -0.384. The van der Waals surface area contributed by atoms with E-state index in [-0.39, 0.29) is 10.6 Å². The number of nitrogens with one attached hydrogen (secondary N) is 1. The van der Waals surface area contributed by atoms with Crippen molar-refractivity contribution in [2.24, 2.45) is 5.92 Å². The van der Waals surface area contributed by atoms with Crippen LogP contribution in [0.4, 0.5) is 11.4 Å². The quantitative estimate of drug-likeness (QED) is 0.671. The normalized spacial score (nSPS) is 16.5. The van der Waals surface area contributed by atoms with Gasteiger partial charge in [0.1, 0.15) is 0 Å². The van der Waals surface area contributed by atoms with Gasteiger partial charge < -0.3 is 5.32 Å². The predicted octanol–water partition coefficient (Wildman–Crippen LogP) is 3.91. The fraction of sp³-hybridized carbons (Fsp3) is 0.500. The highest BCUT2D eigenvalue weighted by Crippen LogP contribution is 2.28. The summed E-state index contributed by atoms with van der Waals surface area (Å²) in [5, 5.41) is 14.0. The van der Waals surface area contributed by atoms with Crippen molar-refractivity contribution in [3.63, 3.8) is 0 Å². The third-order valence-electron chi connectivity index (χ3n) is 3.09. The van der Waals surface area contributed by atoms with Crippen LogP contribution in [0.2, 0.25) is 0 Å². The third-order valence-corrected chi connectivity index (χ3v) is 4.79. The SMILES string of the molecule is O=[N+]([O-])c1ccc(NCC2CCSCC2)c(Br)c1. The summed E-state index contributed by atoms with van der Waals surface area (Å²) in [4.78, 5) is 10.2. The molecule has 0 amide bonds. The second kappa shape index (κ2) is 6.43. The van der Waals surface area contributed by atoms with Gasteiger partial charge in [0.2, 0.25) is 0 Å². The van der Waals surface area contributed by atoms with E-state index in [2.05, 4.69) is 21.2 Å². The van der Waals surface area contributed by atoms with Crippen molar-refractivity contribution in [2.75, 3.05) is 23.4 Å². The molecule has 1 heterocycles. The highest BCUT2D eigenvalue weighted by molar-refractivity contribution is 9.10. The van der Waals surface area contributed by atoms with E-state index < -0.39 is 0 Å². The number of thioether (sulfide) groups is 1. The van der Waals surface area contributed by atoms with Crippen molar-refractivity contribution in [3.05, 3.63) is 32.8 Å². The van der Waals surface area contributed by atoms with E-state index >= 15 is 0 Å². The van der Waals surface area contributed by atoms with Crippen molar-refractivity contribution in [3.8, 4) is 0 Å². The molecule has 0 unspecified atom stereocenters. The minimum Gasteiger partial charge on any atom is -0.384 e. The van der Waals surface area contributed by atoms with Crippen LogP contribution in [0.25, 0.3) is 0 Å². The molecule has 0 saturated carbocycles. The molecule has 18 heavy (non-hydrogen) atoms. The van der Waals surface area contributed by atoms with E-state index in [4.69, 9.17) is 0 Å². The van der Waals surface area contributed by atoms with E-state index in [9.17, 15) is 10.1 Å². The number of hydrogen-bond donors (Lipinski definition) is 1. The first-order valence-electron chi connectivity index (χ1n) is 5.92. The average Bonchev–Trinajstić information content (AvgIpc) is 2.38. The van der Waals surface area contributed by atoms with Crippen molar-refractivity contribution in [1.29, 1.82) is 0 Å². The standard InChI is InChI=1S/C12H15BrN2O2S/c13-11-7-10(15(16)17)1-2-12(11)14-8-9-3-5-18-6-4-9/h1-2,7,9,14H,3-6,8H2. The number of nitro benzene ring substituents is 1. The monoisotopic (exact) mass is 330 g/mol. The first kappa shape index (κ1) is 13.7. The summed E-state index contributed by atoms with van der Waals surface area (Å²) in [6.45, 7) is 0.941. The van der Waals surface area contributed by atoms with E-state index in [0.717, 1.165) is 16.7 Å². The van der Waals surface area contributed by atoms with Crippen LogP contribution in [0.15, 0.2) is 22.7 Å². The fourth-order valence-electron chi connectivity index (χ4n) is 1.97. The Morgan fingerprint density at radius 3 is 2.78 bits per heavy atom. The van der Waals surface area contributed by atoms with Gasteiger partial charge in [-0.15, -0.1) is 0 Å². The molecule has 0 bridgehead atoms. The molecule has 1 N–H and O–H groups in total. The van der Waals surface area contributed by atoms with Crippen molar-refractivity contribution in [1.82, 2.24) is 0 Å². The van der Waals surface area contributed by atoms with Crippen molar-refractivity contribution >= 4 is 39.1 Å². The zero-order chi connectivity index (χ0) is 13.0. The maximum absolute atomic E-state index is 10.6. The molecule has 1 aliphatic rings. The molecular formula is C12H15BrN2O2S. The van der Waals surface area contributed by atoms with Gasteiger partial charge >= 0.3 is 0 Å². The van der Waals surface area contributed by atoms with Gasteiger partial charge in [0.25, 0.3) is 5.69 Å². The van der Waals surface area contributed by atoms with E-state index in [1.807, 2.05) is 11.8 Å². The van der Waals surface area contributed by atoms with Crippen molar-refractivity contribution < 1.29 is 4.92 Å². The molecule has 0 spiro atoms. The highest BCUT2D eigenvalue weighted by atomic mass is 79.9. The van der Waals surface area contributed by atoms with Crippen LogP contribution >= 0.6 is 27.7 Å². The number of benzene rings is 1. The summed E-state index contributed by atoms with van der Waals surface area (Å²) in [6, 6.07) is 4.84.